The Morgan fingerprint density at radius 2 is 1.79 bits per heavy atom. The number of fused-ring (bicyclic) bond motifs is 1. The Kier molecular flexibility index (Phi) is 6.62. The van der Waals surface area contributed by atoms with Crippen LogP contribution < -0.4 is 4.74 Å². The normalized spacial score (nSPS) is 16.6. The maximum Gasteiger partial charge on any atom is 0.323 e. The van der Waals surface area contributed by atoms with Crippen molar-refractivity contribution in [1.29, 1.82) is 0 Å². The van der Waals surface area contributed by atoms with Crippen molar-refractivity contribution in [2.75, 3.05) is 6.54 Å². The minimum atomic E-state index is -1.07. The van der Waals surface area contributed by atoms with Gasteiger partial charge >= 0.3 is 5.97 Å². The minimum Gasteiger partial charge on any atom is -0.487 e. The highest BCUT2D eigenvalue weighted by Gasteiger charge is 2.36. The third-order valence-electron chi connectivity index (χ3n) is 5.90. The van der Waals surface area contributed by atoms with Crippen LogP contribution >= 0.6 is 11.6 Å². The highest BCUT2D eigenvalue weighted by Crippen LogP contribution is 2.38. The van der Waals surface area contributed by atoms with Gasteiger partial charge in [0.15, 0.2) is 0 Å². The van der Waals surface area contributed by atoms with E-state index in [1.807, 2.05) is 38.1 Å². The average molecular weight is 482 g/mol. The molecule has 176 valence electrons. The molecule has 5 nitrogen and oxygen atoms in total. The first-order valence-electron chi connectivity index (χ1n) is 10.9. The summed E-state index contributed by atoms with van der Waals surface area (Å²) in [6.07, 6.45) is 1.07. The van der Waals surface area contributed by atoms with Gasteiger partial charge in [-0.1, -0.05) is 47.5 Å². The smallest absolute Gasteiger partial charge is 0.323 e. The summed E-state index contributed by atoms with van der Waals surface area (Å²) in [6.45, 7) is 3.72. The number of aryl methyl sites for hydroxylation is 1. The number of carboxylic acids is 1. The summed E-state index contributed by atoms with van der Waals surface area (Å²) in [7, 11) is 0. The molecule has 3 aromatic rings. The highest BCUT2D eigenvalue weighted by atomic mass is 35.5. The molecule has 1 heterocycles. The fraction of sp³-hybridized carbons (Fsp3) is 0.259. The third-order valence-corrected chi connectivity index (χ3v) is 6.19. The van der Waals surface area contributed by atoms with Gasteiger partial charge in [-0.25, -0.2) is 4.39 Å². The molecular formula is C27H25ClFNO4. The standard InChI is InChI=1S/C27H25ClFNO4/c1-17-3-5-18(6-4-17)15-30(16-25(31)32)26(33)20-8-10-24-21(12-20)14-27(2,34-24)13-19-7-9-23(29)22(28)11-19/h3-12H,13-16H2,1-2H3,(H,31,32). The number of benzene rings is 3. The van der Waals surface area contributed by atoms with Crippen LogP contribution in [0.15, 0.2) is 60.7 Å². The third kappa shape index (κ3) is 5.39. The van der Waals surface area contributed by atoms with Crippen LogP contribution in [0.25, 0.3) is 0 Å². The summed E-state index contributed by atoms with van der Waals surface area (Å²) in [5, 5.41) is 9.42. The summed E-state index contributed by atoms with van der Waals surface area (Å²) >= 11 is 5.92. The second-order valence-electron chi connectivity index (χ2n) is 9.02. The summed E-state index contributed by atoms with van der Waals surface area (Å²) in [4.78, 5) is 26.0. The molecule has 1 unspecified atom stereocenters. The lowest BCUT2D eigenvalue weighted by atomic mass is 9.91. The van der Waals surface area contributed by atoms with Crippen LogP contribution in [0.5, 0.6) is 5.75 Å². The van der Waals surface area contributed by atoms with Crippen molar-refractivity contribution in [2.45, 2.75) is 38.8 Å². The number of hydrogen-bond donors (Lipinski definition) is 1. The maximum absolute atomic E-state index is 13.5. The van der Waals surface area contributed by atoms with Crippen molar-refractivity contribution in [3.63, 3.8) is 0 Å². The van der Waals surface area contributed by atoms with Gasteiger partial charge in [-0.05, 0) is 60.9 Å². The number of carboxylic acid groups (broad SMARTS) is 1. The van der Waals surface area contributed by atoms with Gasteiger partial charge in [-0.3, -0.25) is 9.59 Å². The number of carbonyl (C=O) groups is 2. The molecule has 0 fully saturated rings. The monoisotopic (exact) mass is 481 g/mol. The number of amides is 1. The zero-order valence-corrected chi connectivity index (χ0v) is 19.7. The van der Waals surface area contributed by atoms with Crippen molar-refractivity contribution in [2.24, 2.45) is 0 Å². The van der Waals surface area contributed by atoms with E-state index in [0.717, 1.165) is 22.3 Å². The fourth-order valence-electron chi connectivity index (χ4n) is 4.29. The Labute approximate surface area is 202 Å². The topological polar surface area (TPSA) is 66.8 Å². The molecule has 4 rings (SSSR count). The van der Waals surface area contributed by atoms with E-state index in [9.17, 15) is 19.1 Å². The Hall–Kier alpha value is -3.38. The number of ether oxygens (including phenoxy) is 1. The SMILES string of the molecule is Cc1ccc(CN(CC(=O)O)C(=O)c2ccc3c(c2)CC(C)(Cc2ccc(F)c(Cl)c2)O3)cc1. The first kappa shape index (κ1) is 23.8. The van der Waals surface area contributed by atoms with E-state index in [2.05, 4.69) is 0 Å². The molecule has 34 heavy (non-hydrogen) atoms. The van der Waals surface area contributed by atoms with E-state index < -0.39 is 23.9 Å². The van der Waals surface area contributed by atoms with Gasteiger partial charge in [0, 0.05) is 24.9 Å². The average Bonchev–Trinajstić information content (AvgIpc) is 3.11. The van der Waals surface area contributed by atoms with Crippen LogP contribution in [0.3, 0.4) is 0 Å². The molecule has 0 spiro atoms. The number of carbonyl (C=O) groups excluding carboxylic acids is 1. The molecule has 0 bridgehead atoms. The fourth-order valence-corrected chi connectivity index (χ4v) is 4.50. The van der Waals surface area contributed by atoms with Gasteiger partial charge in [0.25, 0.3) is 5.91 Å². The van der Waals surface area contributed by atoms with E-state index in [-0.39, 0.29) is 17.5 Å². The quantitative estimate of drug-likeness (QED) is 0.487. The predicted octanol–water partition coefficient (Wildman–Crippen LogP) is 5.45. The van der Waals surface area contributed by atoms with Crippen LogP contribution in [-0.2, 0) is 24.2 Å². The molecule has 0 saturated heterocycles. The zero-order chi connectivity index (χ0) is 24.5. The number of nitrogens with zero attached hydrogens (tertiary/aromatic N) is 1. The second kappa shape index (κ2) is 9.47. The molecule has 0 saturated carbocycles. The molecule has 0 aliphatic carbocycles. The molecule has 1 atom stereocenters. The van der Waals surface area contributed by atoms with Crippen molar-refractivity contribution in [3.05, 3.63) is 99.3 Å². The van der Waals surface area contributed by atoms with E-state index in [1.54, 1.807) is 30.3 Å². The van der Waals surface area contributed by atoms with Crippen LogP contribution in [0, 0.1) is 12.7 Å². The van der Waals surface area contributed by atoms with Crippen molar-refractivity contribution in [1.82, 2.24) is 4.90 Å². The van der Waals surface area contributed by atoms with E-state index >= 15 is 0 Å². The van der Waals surface area contributed by atoms with E-state index in [4.69, 9.17) is 16.3 Å². The lowest BCUT2D eigenvalue weighted by Crippen LogP contribution is -2.35. The van der Waals surface area contributed by atoms with Crippen LogP contribution in [0.1, 0.15) is 39.5 Å². The van der Waals surface area contributed by atoms with Crippen molar-refractivity contribution < 1.29 is 23.8 Å². The van der Waals surface area contributed by atoms with Gasteiger partial charge in [0.05, 0.1) is 5.02 Å². The molecule has 1 N–H and O–H groups in total. The molecule has 3 aromatic carbocycles. The number of halogens is 2. The summed E-state index contributed by atoms with van der Waals surface area (Å²) in [5.74, 6) is -1.22. The van der Waals surface area contributed by atoms with Crippen LogP contribution in [-0.4, -0.2) is 34.0 Å². The lowest BCUT2D eigenvalue weighted by molar-refractivity contribution is -0.137. The minimum absolute atomic E-state index is 0.0663. The van der Waals surface area contributed by atoms with Gasteiger partial charge < -0.3 is 14.7 Å². The molecule has 1 aliphatic rings. The maximum atomic E-state index is 13.5. The van der Waals surface area contributed by atoms with E-state index in [0.29, 0.717) is 24.2 Å². The Morgan fingerprint density at radius 1 is 1.09 bits per heavy atom. The largest absolute Gasteiger partial charge is 0.487 e. The molecule has 1 aliphatic heterocycles. The van der Waals surface area contributed by atoms with Crippen molar-refractivity contribution in [3.8, 4) is 5.75 Å². The zero-order valence-electron chi connectivity index (χ0n) is 19.0. The first-order chi connectivity index (χ1) is 16.1. The predicted molar refractivity (Wildman–Crippen MR) is 128 cm³/mol. The lowest BCUT2D eigenvalue weighted by Gasteiger charge is -2.24. The first-order valence-corrected chi connectivity index (χ1v) is 11.3. The number of aliphatic carboxylic acids is 1. The molecular weight excluding hydrogens is 457 g/mol. The van der Waals surface area contributed by atoms with Crippen LogP contribution in [0.4, 0.5) is 4.39 Å². The van der Waals surface area contributed by atoms with Gasteiger partial charge in [0.2, 0.25) is 0 Å². The molecule has 1 amide bonds. The van der Waals surface area contributed by atoms with Crippen LogP contribution in [0.2, 0.25) is 5.02 Å². The molecule has 0 radical (unpaired) electrons. The van der Waals surface area contributed by atoms with Crippen molar-refractivity contribution >= 4 is 23.5 Å². The summed E-state index contributed by atoms with van der Waals surface area (Å²) < 4.78 is 19.7. The Bertz CT molecular complexity index is 1240. The second-order valence-corrected chi connectivity index (χ2v) is 9.42. The Balaban J connectivity index is 1.52. The molecule has 7 heteroatoms. The summed E-state index contributed by atoms with van der Waals surface area (Å²) in [6, 6.07) is 17.4. The van der Waals surface area contributed by atoms with E-state index in [1.165, 1.54) is 11.0 Å². The summed E-state index contributed by atoms with van der Waals surface area (Å²) in [5.41, 5.74) is 3.49. The number of hydrogen-bond acceptors (Lipinski definition) is 3. The van der Waals surface area contributed by atoms with Gasteiger partial charge in [0.1, 0.15) is 23.7 Å². The Morgan fingerprint density at radius 3 is 2.47 bits per heavy atom. The highest BCUT2D eigenvalue weighted by molar-refractivity contribution is 6.30. The number of rotatable bonds is 7. The van der Waals surface area contributed by atoms with Gasteiger partial charge in [-0.2, -0.15) is 0 Å². The van der Waals surface area contributed by atoms with Gasteiger partial charge in [-0.15, -0.1) is 0 Å². The molecule has 0 aromatic heterocycles.